The number of ether oxygens (including phenoxy) is 1. The zero-order valence-corrected chi connectivity index (χ0v) is 9.66. The molecule has 0 aliphatic rings. The molecule has 4 heteroatoms. The third-order valence-corrected chi connectivity index (χ3v) is 2.04. The van der Waals surface area contributed by atoms with Crippen molar-refractivity contribution in [1.82, 2.24) is 14.7 Å². The predicted molar refractivity (Wildman–Crippen MR) is 76.0 cm³/mol. The lowest BCUT2D eigenvalue weighted by Crippen LogP contribution is -2.20. The summed E-state index contributed by atoms with van der Waals surface area (Å²) in [6.07, 6.45) is -4.05. The van der Waals surface area contributed by atoms with E-state index >= 15 is 0 Å². The number of likely N-dealkylation sites (N-methyl/N-ethyl adjacent to an activating group) is 1. The van der Waals surface area contributed by atoms with Crippen LogP contribution in [0.15, 0.2) is 42.4 Å². The van der Waals surface area contributed by atoms with Crippen molar-refractivity contribution in [2.45, 2.75) is 6.08 Å². The van der Waals surface area contributed by atoms with Gasteiger partial charge in [-0.05, 0) is 25.6 Å². The molecular weight excluding hydrogens is 238 g/mol. The molecule has 0 saturated heterocycles. The summed E-state index contributed by atoms with van der Waals surface area (Å²) in [5, 5.41) is 3.41. The van der Waals surface area contributed by atoms with E-state index in [-0.39, 0.29) is 9.58 Å². The summed E-state index contributed by atoms with van der Waals surface area (Å²) < 4.78 is 138. The quantitative estimate of drug-likeness (QED) is 0.809. The van der Waals surface area contributed by atoms with Crippen molar-refractivity contribution in [3.05, 3.63) is 53.7 Å². The molecule has 0 amide bonds. The third kappa shape index (κ3) is 3.66. The molecule has 4 nitrogen and oxygen atoms in total. The van der Waals surface area contributed by atoms with Crippen LogP contribution in [0.1, 0.15) is 40.6 Å². The lowest BCUT2D eigenvalue weighted by Gasteiger charge is -2.20. The Morgan fingerprint density at radius 2 is 2.26 bits per heavy atom. The number of benzene rings is 1. The lowest BCUT2D eigenvalue weighted by molar-refractivity contribution is 0.0638. The molecule has 2 rings (SSSR count). The van der Waals surface area contributed by atoms with Crippen molar-refractivity contribution < 1.29 is 28.0 Å². The van der Waals surface area contributed by atoms with Gasteiger partial charge < -0.3 is 9.64 Å². The Labute approximate surface area is 138 Å². The van der Waals surface area contributed by atoms with Crippen LogP contribution in [0.25, 0.3) is 0 Å². The maximum atomic E-state index is 8.98. The molecular formula is C15H21N3O. The normalized spacial score (nSPS) is 29.4. The maximum absolute atomic E-state index is 8.98. The summed E-state index contributed by atoms with van der Waals surface area (Å²) in [4.78, 5) is 0.0704. The molecule has 0 saturated carbocycles. The molecule has 2 aromatic rings. The fourth-order valence-corrected chi connectivity index (χ4v) is 1.25. The molecule has 1 heterocycles. The summed E-state index contributed by atoms with van der Waals surface area (Å²) in [6.45, 7) is -11.3. The van der Waals surface area contributed by atoms with Gasteiger partial charge in [-0.15, -0.1) is 0 Å². The van der Waals surface area contributed by atoms with Gasteiger partial charge in [0, 0.05) is 32.0 Å². The van der Waals surface area contributed by atoms with E-state index in [0.29, 0.717) is 0 Å². The number of hydrogen-bond donors (Lipinski definition) is 0. The molecule has 0 radical (unpaired) electrons. The molecule has 0 aliphatic heterocycles. The third-order valence-electron chi connectivity index (χ3n) is 2.04. The first kappa shape index (κ1) is 3.71. The van der Waals surface area contributed by atoms with Gasteiger partial charge in [0.2, 0.25) is 0 Å². The van der Waals surface area contributed by atoms with Crippen LogP contribution < -0.4 is 0 Å². The number of hydrogen-bond acceptors (Lipinski definition) is 3. The van der Waals surface area contributed by atoms with Gasteiger partial charge in [0.15, 0.2) is 0 Å². The zero-order valence-electron chi connectivity index (χ0n) is 26.7. The first-order chi connectivity index (χ1) is 16.1. The Bertz CT molecular complexity index is 1090. The molecule has 19 heavy (non-hydrogen) atoms. The SMILES string of the molecule is [2H]c1nn(C([2H])([2H])[2H])c(C([2H])(OCCN(C([2H])([2H])[2H])C([2H])([2H])[2H])c2c([2H])c([2H])c([2H])c([2H])c2[2H])c1[2H]. The molecule has 0 fully saturated rings. The molecule has 0 bridgehead atoms. The minimum atomic E-state index is -3.21. The Morgan fingerprint density at radius 3 is 3.00 bits per heavy atom. The van der Waals surface area contributed by atoms with Crippen LogP contribution in [-0.4, -0.2) is 41.8 Å². The maximum Gasteiger partial charge on any atom is 0.124 e. The van der Waals surface area contributed by atoms with Crippen LogP contribution in [0.4, 0.5) is 0 Å². The Kier molecular flexibility index (Phi) is 1.27. The lowest BCUT2D eigenvalue weighted by atomic mass is 10.1. The second-order valence-corrected chi connectivity index (χ2v) is 3.33. The predicted octanol–water partition coefficient (Wildman–Crippen LogP) is 2.09. The van der Waals surface area contributed by atoms with E-state index in [9.17, 15) is 0 Å². The van der Waals surface area contributed by atoms with Crippen molar-refractivity contribution >= 4 is 0 Å². The number of rotatable bonds is 6. The van der Waals surface area contributed by atoms with Crippen molar-refractivity contribution in [2.75, 3.05) is 27.1 Å². The largest absolute Gasteiger partial charge is 0.366 e. The van der Waals surface area contributed by atoms with Gasteiger partial charge in [-0.1, -0.05) is 30.2 Å². The first-order valence-electron chi connectivity index (χ1n) is 13.6. The van der Waals surface area contributed by atoms with E-state index in [0.717, 1.165) is 0 Å². The molecule has 1 aromatic heterocycles. The van der Waals surface area contributed by atoms with Crippen LogP contribution in [0.2, 0.25) is 0 Å². The number of nitrogens with zero attached hydrogens (tertiary/aromatic N) is 3. The minimum absolute atomic E-state index is 0.0704. The molecule has 102 valence electrons. The van der Waals surface area contributed by atoms with Crippen molar-refractivity contribution in [3.63, 3.8) is 0 Å². The smallest absolute Gasteiger partial charge is 0.124 e. The highest BCUT2D eigenvalue weighted by molar-refractivity contribution is 5.25. The van der Waals surface area contributed by atoms with Crippen LogP contribution in [0.3, 0.4) is 0 Å². The first-order valence-corrected chi connectivity index (χ1v) is 5.13. The molecule has 0 N–H and O–H groups in total. The van der Waals surface area contributed by atoms with Gasteiger partial charge in [-0.2, -0.15) is 5.10 Å². The monoisotopic (exact) mass is 276 g/mol. The summed E-state index contributed by atoms with van der Waals surface area (Å²) in [5.74, 6) is 0. The second kappa shape index (κ2) is 6.50. The van der Waals surface area contributed by atoms with E-state index in [2.05, 4.69) is 5.10 Å². The van der Waals surface area contributed by atoms with Crippen LogP contribution in [0, 0.1) is 0 Å². The highest BCUT2D eigenvalue weighted by Gasteiger charge is 2.17. The van der Waals surface area contributed by atoms with E-state index in [1.165, 1.54) is 0 Å². The van der Waals surface area contributed by atoms with Gasteiger partial charge in [-0.3, -0.25) is 4.68 Å². The average Bonchev–Trinajstić information content (AvgIpc) is 3.02. The highest BCUT2D eigenvalue weighted by atomic mass is 16.5. The zero-order chi connectivity index (χ0) is 28.2. The van der Waals surface area contributed by atoms with Crippen LogP contribution in [0.5, 0.6) is 0 Å². The highest BCUT2D eigenvalue weighted by Crippen LogP contribution is 2.25. The molecule has 1 aromatic carbocycles. The Hall–Kier alpha value is -1.65. The van der Waals surface area contributed by atoms with Gasteiger partial charge in [0.25, 0.3) is 0 Å². The number of aromatic nitrogens is 2. The topological polar surface area (TPSA) is 30.3 Å². The molecule has 1 atom stereocenters. The van der Waals surface area contributed by atoms with Crippen molar-refractivity contribution in [2.24, 2.45) is 6.98 Å². The molecule has 0 aliphatic carbocycles. The molecule has 0 spiro atoms. The standard InChI is InChI=1S/C15H21N3O/c1-17(2)11-12-19-15(13-7-5-4-6-8-13)14-9-10-16-18(14)3/h4-10,15H,11-12H2,1-3H3/i1D3,2D3,3D3,4D,5D,6D,7D,8D,9D,10D,15D. The Morgan fingerprint density at radius 1 is 1.42 bits per heavy atom. The summed E-state index contributed by atoms with van der Waals surface area (Å²) in [6, 6.07) is -5.65. The van der Waals surface area contributed by atoms with E-state index in [1.807, 2.05) is 0 Å². The average molecular weight is 276 g/mol. The number of aryl methyl sites for hydroxylation is 1. The Balaban J connectivity index is 2.82. The fraction of sp³-hybridized carbons (Fsp3) is 0.400. The fourth-order valence-electron chi connectivity index (χ4n) is 1.25. The van der Waals surface area contributed by atoms with E-state index < -0.39 is 93.8 Å². The van der Waals surface area contributed by atoms with Gasteiger partial charge in [0.1, 0.15) is 6.08 Å². The van der Waals surface area contributed by atoms with Crippen LogP contribution in [-0.2, 0) is 11.7 Å². The van der Waals surface area contributed by atoms with E-state index in [1.54, 1.807) is 0 Å². The van der Waals surface area contributed by atoms with Gasteiger partial charge >= 0.3 is 0 Å². The van der Waals surface area contributed by atoms with Crippen molar-refractivity contribution in [1.29, 1.82) is 0 Å². The van der Waals surface area contributed by atoms with Gasteiger partial charge in [-0.25, -0.2) is 0 Å². The van der Waals surface area contributed by atoms with E-state index in [4.69, 9.17) is 28.0 Å². The van der Waals surface area contributed by atoms with Crippen molar-refractivity contribution in [3.8, 4) is 0 Å². The van der Waals surface area contributed by atoms with Crippen LogP contribution >= 0.6 is 0 Å². The molecule has 1 unspecified atom stereocenters. The minimum Gasteiger partial charge on any atom is -0.366 e. The van der Waals surface area contributed by atoms with Gasteiger partial charge in [0.05, 0.1) is 23.3 Å². The summed E-state index contributed by atoms with van der Waals surface area (Å²) in [5.41, 5.74) is -1.94. The summed E-state index contributed by atoms with van der Waals surface area (Å²) >= 11 is 0. The summed E-state index contributed by atoms with van der Waals surface area (Å²) in [7, 11) is 0. The second-order valence-electron chi connectivity index (χ2n) is 3.33.